The first-order valence-corrected chi connectivity index (χ1v) is 14.2. The molecule has 1 heterocycles. The summed E-state index contributed by atoms with van der Waals surface area (Å²) in [6.45, 7) is 6.67. The molecule has 210 valence electrons. The number of ether oxygens (including phenoxy) is 2. The van der Waals surface area contributed by atoms with Gasteiger partial charge < -0.3 is 13.9 Å². The van der Waals surface area contributed by atoms with Crippen molar-refractivity contribution in [3.8, 4) is 40.0 Å². The smallest absolute Gasteiger partial charge is 0.238 e. The van der Waals surface area contributed by atoms with Gasteiger partial charge in [0.1, 0.15) is 24.0 Å². The van der Waals surface area contributed by atoms with Crippen LogP contribution in [0.15, 0.2) is 94.3 Å². The molecule has 0 aliphatic heterocycles. The van der Waals surface area contributed by atoms with Gasteiger partial charge in [0.05, 0.1) is 6.61 Å². The van der Waals surface area contributed by atoms with Crippen LogP contribution in [0.4, 0.5) is 5.88 Å². The fourth-order valence-electron chi connectivity index (χ4n) is 4.44. The molecule has 5 rings (SSSR count). The number of hydrogen-bond acceptors (Lipinski definition) is 5. The number of nitriles is 1. The molecule has 0 saturated heterocycles. The number of rotatable bonds is 9. The fraction of sp³-hybridized carbons (Fsp3) is 0.143. The average Bonchev–Trinajstić information content (AvgIpc) is 3.35. The Bertz CT molecular complexity index is 1780. The first-order chi connectivity index (χ1) is 20.4. The SMILES string of the molecule is CCOc1cc(C=Nc2oc(-c3ccc(C)cc3)c(-c3ccc(C)cc3)c2C#N)ccc1OCc1ccc(Cl)cc1Cl. The number of benzene rings is 4. The van der Waals surface area contributed by atoms with Gasteiger partial charge in [0.15, 0.2) is 11.5 Å². The van der Waals surface area contributed by atoms with E-state index in [0.717, 1.165) is 33.4 Å². The number of aryl methyl sites for hydroxylation is 2. The van der Waals surface area contributed by atoms with Gasteiger partial charge >= 0.3 is 0 Å². The molecule has 1 aromatic heterocycles. The van der Waals surface area contributed by atoms with Gasteiger partial charge in [-0.15, -0.1) is 0 Å². The standard InChI is InChI=1S/C35H28Cl2N2O3/c1-4-40-32-17-24(9-16-31(32)41-21-27-14-15-28(36)18-30(27)37)20-39-35-29(19-38)33(25-10-5-22(2)6-11-25)34(42-35)26-12-7-23(3)8-13-26/h5-18,20H,4,21H2,1-3H3. The maximum atomic E-state index is 10.2. The van der Waals surface area contributed by atoms with Crippen LogP contribution < -0.4 is 9.47 Å². The van der Waals surface area contributed by atoms with E-state index in [1.807, 2.05) is 93.6 Å². The number of hydrogen-bond donors (Lipinski definition) is 0. The first-order valence-electron chi connectivity index (χ1n) is 13.4. The summed E-state index contributed by atoms with van der Waals surface area (Å²) in [6.07, 6.45) is 1.65. The zero-order valence-electron chi connectivity index (χ0n) is 23.4. The summed E-state index contributed by atoms with van der Waals surface area (Å²) in [5.41, 5.74) is 6.67. The molecule has 0 N–H and O–H groups in total. The van der Waals surface area contributed by atoms with E-state index >= 15 is 0 Å². The molecule has 0 bridgehead atoms. The van der Waals surface area contributed by atoms with Crippen molar-refractivity contribution < 1.29 is 13.9 Å². The van der Waals surface area contributed by atoms with Crippen LogP contribution in [0.3, 0.4) is 0 Å². The van der Waals surface area contributed by atoms with E-state index in [1.54, 1.807) is 18.3 Å². The summed E-state index contributed by atoms with van der Waals surface area (Å²) in [5.74, 6) is 1.97. The first kappa shape index (κ1) is 29.0. The minimum Gasteiger partial charge on any atom is -0.490 e. The maximum Gasteiger partial charge on any atom is 0.238 e. The van der Waals surface area contributed by atoms with Crippen molar-refractivity contribution in [1.29, 1.82) is 5.26 Å². The highest BCUT2D eigenvalue weighted by atomic mass is 35.5. The lowest BCUT2D eigenvalue weighted by Crippen LogP contribution is -2.01. The lowest BCUT2D eigenvalue weighted by Gasteiger charge is -2.13. The van der Waals surface area contributed by atoms with Crippen LogP contribution in [0.5, 0.6) is 11.5 Å². The Morgan fingerprint density at radius 3 is 2.17 bits per heavy atom. The molecule has 0 fully saturated rings. The largest absolute Gasteiger partial charge is 0.490 e. The van der Waals surface area contributed by atoms with E-state index in [-0.39, 0.29) is 12.5 Å². The van der Waals surface area contributed by atoms with E-state index in [9.17, 15) is 5.26 Å². The molecule has 0 aliphatic rings. The molecule has 7 heteroatoms. The molecular formula is C35H28Cl2N2O3. The lowest BCUT2D eigenvalue weighted by molar-refractivity contribution is 0.269. The summed E-state index contributed by atoms with van der Waals surface area (Å²) in [5, 5.41) is 11.3. The van der Waals surface area contributed by atoms with E-state index in [1.165, 1.54) is 0 Å². The molecule has 0 aliphatic carbocycles. The summed E-state index contributed by atoms with van der Waals surface area (Å²) < 4.78 is 18.2. The maximum absolute atomic E-state index is 10.2. The number of furan rings is 1. The Kier molecular flexibility index (Phi) is 8.97. The van der Waals surface area contributed by atoms with Gasteiger partial charge in [-0.25, -0.2) is 4.99 Å². The Morgan fingerprint density at radius 1 is 0.833 bits per heavy atom. The topological polar surface area (TPSA) is 67.8 Å². The van der Waals surface area contributed by atoms with Crippen molar-refractivity contribution in [1.82, 2.24) is 0 Å². The van der Waals surface area contributed by atoms with E-state index < -0.39 is 0 Å². The van der Waals surface area contributed by atoms with Gasteiger partial charge in [0, 0.05) is 33.0 Å². The molecule has 42 heavy (non-hydrogen) atoms. The number of halogens is 2. The van der Waals surface area contributed by atoms with Crippen LogP contribution in [-0.4, -0.2) is 12.8 Å². The van der Waals surface area contributed by atoms with Crippen LogP contribution in [0, 0.1) is 25.2 Å². The van der Waals surface area contributed by atoms with Crippen LogP contribution in [-0.2, 0) is 6.61 Å². The van der Waals surface area contributed by atoms with Gasteiger partial charge in [-0.2, -0.15) is 5.26 Å². The minimum atomic E-state index is 0.235. The zero-order valence-corrected chi connectivity index (χ0v) is 25.0. The Hall–Kier alpha value is -4.50. The second kappa shape index (κ2) is 13.0. The predicted molar refractivity (Wildman–Crippen MR) is 169 cm³/mol. The van der Waals surface area contributed by atoms with E-state index in [2.05, 4.69) is 11.1 Å². The van der Waals surface area contributed by atoms with E-state index in [4.69, 9.17) is 37.1 Å². The Balaban J connectivity index is 1.48. The molecular weight excluding hydrogens is 567 g/mol. The highest BCUT2D eigenvalue weighted by Crippen LogP contribution is 2.43. The summed E-state index contributed by atoms with van der Waals surface area (Å²) in [6, 6.07) is 29.2. The predicted octanol–water partition coefficient (Wildman–Crippen LogP) is 10.1. The Labute approximate surface area is 255 Å². The van der Waals surface area contributed by atoms with Crippen molar-refractivity contribution in [3.63, 3.8) is 0 Å². The normalized spacial score (nSPS) is 11.0. The van der Waals surface area contributed by atoms with Gasteiger partial charge in [0.25, 0.3) is 0 Å². The third-order valence-electron chi connectivity index (χ3n) is 6.65. The quantitative estimate of drug-likeness (QED) is 0.159. The summed E-state index contributed by atoms with van der Waals surface area (Å²) in [4.78, 5) is 4.62. The molecule has 0 atom stereocenters. The van der Waals surface area contributed by atoms with Crippen molar-refractivity contribution in [2.24, 2.45) is 4.99 Å². The van der Waals surface area contributed by atoms with Gasteiger partial charge in [-0.05, 0) is 62.2 Å². The molecule has 5 nitrogen and oxygen atoms in total. The molecule has 4 aromatic carbocycles. The number of aliphatic imine (C=N–C) groups is 1. The van der Waals surface area contributed by atoms with Crippen LogP contribution >= 0.6 is 23.2 Å². The van der Waals surface area contributed by atoms with Crippen molar-refractivity contribution in [2.45, 2.75) is 27.4 Å². The number of nitrogens with zero attached hydrogens (tertiary/aromatic N) is 2. The van der Waals surface area contributed by atoms with Crippen LogP contribution in [0.2, 0.25) is 10.0 Å². The van der Waals surface area contributed by atoms with Crippen LogP contribution in [0.1, 0.15) is 34.7 Å². The molecule has 0 unspecified atom stereocenters. The van der Waals surface area contributed by atoms with Crippen molar-refractivity contribution in [2.75, 3.05) is 6.61 Å². The molecule has 5 aromatic rings. The lowest BCUT2D eigenvalue weighted by atomic mass is 9.97. The minimum absolute atomic E-state index is 0.235. The fourth-order valence-corrected chi connectivity index (χ4v) is 4.90. The van der Waals surface area contributed by atoms with Crippen molar-refractivity contribution in [3.05, 3.63) is 123 Å². The van der Waals surface area contributed by atoms with E-state index in [0.29, 0.717) is 45.0 Å². The van der Waals surface area contributed by atoms with Gasteiger partial charge in [-0.1, -0.05) is 88.9 Å². The summed E-state index contributed by atoms with van der Waals surface area (Å²) >= 11 is 12.3. The molecule has 0 radical (unpaired) electrons. The van der Waals surface area contributed by atoms with Gasteiger partial charge in [0.2, 0.25) is 5.88 Å². The zero-order chi connectivity index (χ0) is 29.6. The average molecular weight is 596 g/mol. The highest BCUT2D eigenvalue weighted by molar-refractivity contribution is 6.35. The third-order valence-corrected chi connectivity index (χ3v) is 7.24. The monoisotopic (exact) mass is 594 g/mol. The Morgan fingerprint density at radius 2 is 1.52 bits per heavy atom. The second-order valence-electron chi connectivity index (χ2n) is 9.75. The van der Waals surface area contributed by atoms with Gasteiger partial charge in [-0.3, -0.25) is 0 Å². The second-order valence-corrected chi connectivity index (χ2v) is 10.6. The molecule has 0 amide bonds. The highest BCUT2D eigenvalue weighted by Gasteiger charge is 2.23. The van der Waals surface area contributed by atoms with Crippen LogP contribution in [0.25, 0.3) is 22.5 Å². The third kappa shape index (κ3) is 6.52. The molecule has 0 spiro atoms. The van der Waals surface area contributed by atoms with Crippen molar-refractivity contribution >= 4 is 35.3 Å². The molecule has 0 saturated carbocycles. The summed E-state index contributed by atoms with van der Waals surface area (Å²) in [7, 11) is 0.